The van der Waals surface area contributed by atoms with Crippen molar-refractivity contribution < 1.29 is 8.78 Å². The van der Waals surface area contributed by atoms with E-state index in [9.17, 15) is 8.78 Å². The second kappa shape index (κ2) is 8.77. The van der Waals surface area contributed by atoms with Gasteiger partial charge in [-0.1, -0.05) is 49.2 Å². The van der Waals surface area contributed by atoms with Crippen molar-refractivity contribution in [3.05, 3.63) is 77.4 Å². The van der Waals surface area contributed by atoms with E-state index in [2.05, 4.69) is 42.5 Å². The maximum Gasteiger partial charge on any atom is 0.130 e. The molecule has 0 saturated heterocycles. The molecule has 0 radical (unpaired) electrons. The number of hydrogen-bond acceptors (Lipinski definition) is 2. The molecule has 0 aliphatic carbocycles. The van der Waals surface area contributed by atoms with Crippen LogP contribution in [0, 0.1) is 11.6 Å². The van der Waals surface area contributed by atoms with Gasteiger partial charge in [0.1, 0.15) is 11.6 Å². The molecule has 0 spiro atoms. The minimum absolute atomic E-state index is 0.326. The lowest BCUT2D eigenvalue weighted by molar-refractivity contribution is 0.369. The Hall–Kier alpha value is -2.04. The molecular weight excluding hydrogens is 342 g/mol. The van der Waals surface area contributed by atoms with Gasteiger partial charge in [-0.05, 0) is 62.8 Å². The Kier molecular flexibility index (Phi) is 6.40. The summed E-state index contributed by atoms with van der Waals surface area (Å²) >= 11 is 0. The van der Waals surface area contributed by atoms with E-state index >= 15 is 0 Å². The highest BCUT2D eigenvalue weighted by atomic mass is 19.1. The summed E-state index contributed by atoms with van der Waals surface area (Å²) in [6.45, 7) is 1.62. The van der Waals surface area contributed by atoms with Gasteiger partial charge in [0.25, 0.3) is 0 Å². The van der Waals surface area contributed by atoms with Crippen molar-refractivity contribution >= 4 is 5.57 Å². The maximum absolute atomic E-state index is 14.3. The van der Waals surface area contributed by atoms with Gasteiger partial charge < -0.3 is 10.2 Å². The molecule has 1 unspecified atom stereocenters. The van der Waals surface area contributed by atoms with Gasteiger partial charge in [-0.2, -0.15) is 0 Å². The Balaban J connectivity index is 1.83. The lowest BCUT2D eigenvalue weighted by atomic mass is 9.85. The van der Waals surface area contributed by atoms with Crippen LogP contribution in [-0.4, -0.2) is 32.1 Å². The fraction of sp³-hybridized carbons (Fsp3) is 0.391. The van der Waals surface area contributed by atoms with Crippen LogP contribution in [0.5, 0.6) is 0 Å². The number of benzene rings is 2. The van der Waals surface area contributed by atoms with Crippen LogP contribution in [-0.2, 0) is 5.54 Å². The molecule has 2 aromatic rings. The van der Waals surface area contributed by atoms with Crippen LogP contribution in [0.3, 0.4) is 0 Å². The van der Waals surface area contributed by atoms with Gasteiger partial charge in [0.05, 0.1) is 5.54 Å². The van der Waals surface area contributed by atoms with Crippen molar-refractivity contribution in [1.82, 2.24) is 10.2 Å². The molecule has 1 aliphatic rings. The molecule has 2 nitrogen and oxygen atoms in total. The molecule has 1 N–H and O–H groups in total. The third kappa shape index (κ3) is 4.82. The normalized spacial score (nSPS) is 19.5. The summed E-state index contributed by atoms with van der Waals surface area (Å²) in [5, 5.41) is 3.59. The Morgan fingerprint density at radius 1 is 1.00 bits per heavy atom. The van der Waals surface area contributed by atoms with Gasteiger partial charge in [0.15, 0.2) is 0 Å². The molecule has 0 saturated carbocycles. The highest BCUT2D eigenvalue weighted by Gasteiger charge is 2.34. The largest absolute Gasteiger partial charge is 0.309 e. The second-order valence-corrected chi connectivity index (χ2v) is 7.60. The van der Waals surface area contributed by atoms with Crippen molar-refractivity contribution in [3.63, 3.8) is 0 Å². The van der Waals surface area contributed by atoms with E-state index in [-0.39, 0.29) is 11.4 Å². The fourth-order valence-electron chi connectivity index (χ4n) is 3.80. The molecule has 0 aromatic heterocycles. The van der Waals surface area contributed by atoms with Crippen molar-refractivity contribution in [2.24, 2.45) is 0 Å². The predicted molar refractivity (Wildman–Crippen MR) is 107 cm³/mol. The smallest absolute Gasteiger partial charge is 0.130 e. The molecule has 0 amide bonds. The number of unbranched alkanes of at least 4 members (excludes halogenated alkanes) is 2. The molecule has 2 aromatic carbocycles. The zero-order valence-electron chi connectivity index (χ0n) is 16.1. The van der Waals surface area contributed by atoms with Crippen LogP contribution in [0.25, 0.3) is 5.57 Å². The summed E-state index contributed by atoms with van der Waals surface area (Å²) in [7, 11) is 4.18. The molecule has 1 aliphatic heterocycles. The topological polar surface area (TPSA) is 15.3 Å². The quantitative estimate of drug-likeness (QED) is 0.660. The molecule has 144 valence electrons. The first-order chi connectivity index (χ1) is 13.0. The molecule has 4 heteroatoms. The highest BCUT2D eigenvalue weighted by molar-refractivity contribution is 5.72. The third-order valence-electron chi connectivity index (χ3n) is 5.25. The summed E-state index contributed by atoms with van der Waals surface area (Å²) in [5.74, 6) is -0.785. The van der Waals surface area contributed by atoms with Gasteiger partial charge in [0, 0.05) is 12.1 Å². The number of nitrogens with one attached hydrogen (secondary N) is 1. The van der Waals surface area contributed by atoms with Gasteiger partial charge in [-0.25, -0.2) is 8.78 Å². The number of nitrogens with zero attached hydrogens (tertiary/aromatic N) is 1. The fourth-order valence-corrected chi connectivity index (χ4v) is 3.80. The minimum atomic E-state index is -0.409. The van der Waals surface area contributed by atoms with E-state index < -0.39 is 5.82 Å². The van der Waals surface area contributed by atoms with Gasteiger partial charge in [-0.15, -0.1) is 0 Å². The lowest BCUT2D eigenvalue weighted by Crippen LogP contribution is -2.36. The zero-order chi connectivity index (χ0) is 19.3. The Labute approximate surface area is 160 Å². The Morgan fingerprint density at radius 3 is 2.52 bits per heavy atom. The van der Waals surface area contributed by atoms with Crippen LogP contribution in [0.1, 0.15) is 36.8 Å². The predicted octanol–water partition coefficient (Wildman–Crippen LogP) is 4.97. The van der Waals surface area contributed by atoms with E-state index in [1.165, 1.54) is 17.7 Å². The molecule has 0 fully saturated rings. The standard InChI is InChI=1S/C23H28F2N2/c1-27(2)14-8-4-7-13-23(19-9-5-3-6-10-19)16-18(17-26-23)21-15-20(24)11-12-22(21)25/h3,5-6,9-12,15-16,26H,4,7-8,13-14,17H2,1-2H3. The second-order valence-electron chi connectivity index (χ2n) is 7.60. The SMILES string of the molecule is CN(C)CCCCCC1(c2ccccc2)C=C(c2cc(F)ccc2F)CN1. The van der Waals surface area contributed by atoms with Gasteiger partial charge in [-0.3, -0.25) is 0 Å². The van der Waals surface area contributed by atoms with Gasteiger partial charge >= 0.3 is 0 Å². The molecule has 3 rings (SSSR count). The zero-order valence-corrected chi connectivity index (χ0v) is 16.1. The monoisotopic (exact) mass is 370 g/mol. The summed E-state index contributed by atoms with van der Waals surface area (Å²) in [6.07, 6.45) is 6.42. The summed E-state index contributed by atoms with van der Waals surface area (Å²) in [5.41, 5.74) is 2.02. The Bertz CT molecular complexity index is 786. The summed E-state index contributed by atoms with van der Waals surface area (Å²) in [4.78, 5) is 2.20. The summed E-state index contributed by atoms with van der Waals surface area (Å²) < 4.78 is 27.9. The lowest BCUT2D eigenvalue weighted by Gasteiger charge is -2.29. The molecule has 1 atom stereocenters. The Morgan fingerprint density at radius 2 is 1.78 bits per heavy atom. The molecule has 0 bridgehead atoms. The number of rotatable bonds is 8. The van der Waals surface area contributed by atoms with Crippen LogP contribution in [0.2, 0.25) is 0 Å². The average Bonchev–Trinajstić information content (AvgIpc) is 3.09. The van der Waals surface area contributed by atoms with E-state index in [0.29, 0.717) is 12.1 Å². The van der Waals surface area contributed by atoms with Crippen LogP contribution < -0.4 is 5.32 Å². The first-order valence-corrected chi connectivity index (χ1v) is 9.63. The number of hydrogen-bond donors (Lipinski definition) is 1. The first-order valence-electron chi connectivity index (χ1n) is 9.63. The van der Waals surface area contributed by atoms with Crippen molar-refractivity contribution in [3.8, 4) is 0 Å². The van der Waals surface area contributed by atoms with Crippen molar-refractivity contribution in [2.45, 2.75) is 31.2 Å². The van der Waals surface area contributed by atoms with Crippen molar-refractivity contribution in [2.75, 3.05) is 27.2 Å². The van der Waals surface area contributed by atoms with E-state index in [0.717, 1.165) is 43.9 Å². The van der Waals surface area contributed by atoms with Crippen LogP contribution >= 0.6 is 0 Å². The van der Waals surface area contributed by atoms with E-state index in [1.54, 1.807) is 0 Å². The molecular formula is C23H28F2N2. The summed E-state index contributed by atoms with van der Waals surface area (Å²) in [6, 6.07) is 13.9. The molecule has 27 heavy (non-hydrogen) atoms. The number of halogens is 2. The van der Waals surface area contributed by atoms with E-state index in [4.69, 9.17) is 0 Å². The average molecular weight is 370 g/mol. The van der Waals surface area contributed by atoms with Crippen LogP contribution in [0.15, 0.2) is 54.6 Å². The third-order valence-corrected chi connectivity index (χ3v) is 5.25. The first kappa shape index (κ1) is 19.7. The highest BCUT2D eigenvalue weighted by Crippen LogP contribution is 2.37. The van der Waals surface area contributed by atoms with Gasteiger partial charge in [0.2, 0.25) is 0 Å². The van der Waals surface area contributed by atoms with Crippen molar-refractivity contribution in [1.29, 1.82) is 0 Å². The minimum Gasteiger partial charge on any atom is -0.309 e. The maximum atomic E-state index is 14.3. The van der Waals surface area contributed by atoms with Crippen LogP contribution in [0.4, 0.5) is 8.78 Å². The molecule has 1 heterocycles. The van der Waals surface area contributed by atoms with E-state index in [1.807, 2.05) is 18.2 Å².